The van der Waals surface area contributed by atoms with Crippen molar-refractivity contribution in [2.24, 2.45) is 0 Å². The molecule has 0 spiro atoms. The van der Waals surface area contributed by atoms with Crippen molar-refractivity contribution in [1.29, 1.82) is 0 Å². The number of phenolic OH excluding ortho intramolecular Hbond substituents is 1. The second-order valence-electron chi connectivity index (χ2n) is 7.10. The number of aromatic hydroxyl groups is 1. The van der Waals surface area contributed by atoms with Crippen LogP contribution < -0.4 is 10.1 Å². The molecule has 4 atom stereocenters. The summed E-state index contributed by atoms with van der Waals surface area (Å²) in [5.41, 5.74) is 0.935. The number of benzene rings is 1. The summed E-state index contributed by atoms with van der Waals surface area (Å²) in [4.78, 5) is 8.21. The van der Waals surface area contributed by atoms with E-state index < -0.39 is 12.3 Å². The molecule has 2 saturated heterocycles. The Kier molecular flexibility index (Phi) is 3.86. The zero-order valence-corrected chi connectivity index (χ0v) is 14.4. The minimum Gasteiger partial charge on any atom is -0.507 e. The number of aromatic nitrogens is 4. The van der Waals surface area contributed by atoms with Crippen LogP contribution in [0.25, 0.3) is 22.0 Å². The van der Waals surface area contributed by atoms with Gasteiger partial charge in [0.2, 0.25) is 0 Å². The van der Waals surface area contributed by atoms with Crippen molar-refractivity contribution >= 4 is 10.8 Å². The molecule has 138 valence electrons. The molecule has 2 bridgehead atoms. The fourth-order valence-corrected chi connectivity index (χ4v) is 3.98. The Labute approximate surface area is 154 Å². The molecule has 0 amide bonds. The second kappa shape index (κ2) is 6.38. The van der Waals surface area contributed by atoms with Crippen LogP contribution >= 0.6 is 0 Å². The predicted octanol–water partition coefficient (Wildman–Crippen LogP) is 2.40. The minimum atomic E-state index is -1.08. The van der Waals surface area contributed by atoms with E-state index in [1.165, 1.54) is 6.20 Å². The maximum Gasteiger partial charge on any atom is 0.336 e. The molecule has 8 heteroatoms. The molecule has 0 saturated carbocycles. The number of halogens is 1. The van der Waals surface area contributed by atoms with Gasteiger partial charge in [0, 0.05) is 41.8 Å². The number of fused-ring (bicyclic) bond motifs is 3. The molecule has 1 aromatic carbocycles. The molecule has 2 aromatic heterocycles. The molecular formula is C19H18FN5O2. The molecule has 4 heterocycles. The Morgan fingerprint density at radius 3 is 2.93 bits per heavy atom. The fourth-order valence-electron chi connectivity index (χ4n) is 3.98. The molecule has 1 unspecified atom stereocenters. The van der Waals surface area contributed by atoms with Gasteiger partial charge in [0.05, 0.1) is 6.20 Å². The van der Waals surface area contributed by atoms with Crippen molar-refractivity contribution in [2.75, 3.05) is 0 Å². The molecule has 2 fully saturated rings. The van der Waals surface area contributed by atoms with Crippen molar-refractivity contribution in [3.05, 3.63) is 36.8 Å². The zero-order chi connectivity index (χ0) is 18.4. The van der Waals surface area contributed by atoms with Crippen molar-refractivity contribution in [3.8, 4) is 23.0 Å². The molecule has 5 rings (SSSR count). The van der Waals surface area contributed by atoms with Crippen LogP contribution in [0.2, 0.25) is 0 Å². The molecule has 7 nitrogen and oxygen atoms in total. The number of phenols is 1. The summed E-state index contributed by atoms with van der Waals surface area (Å²) in [5, 5.41) is 23.4. The highest BCUT2D eigenvalue weighted by molar-refractivity contribution is 5.89. The van der Waals surface area contributed by atoms with E-state index in [0.29, 0.717) is 23.7 Å². The van der Waals surface area contributed by atoms with Crippen molar-refractivity contribution in [1.82, 2.24) is 25.5 Å². The molecule has 27 heavy (non-hydrogen) atoms. The topological polar surface area (TPSA) is 93.1 Å². The quantitative estimate of drug-likeness (QED) is 0.734. The molecule has 0 aliphatic carbocycles. The maximum atomic E-state index is 14.5. The summed E-state index contributed by atoms with van der Waals surface area (Å²) in [6, 6.07) is 5.48. The van der Waals surface area contributed by atoms with Crippen molar-refractivity contribution in [2.45, 2.75) is 43.6 Å². The summed E-state index contributed by atoms with van der Waals surface area (Å²) >= 11 is 0. The maximum absolute atomic E-state index is 14.5. The van der Waals surface area contributed by atoms with Crippen LogP contribution in [-0.4, -0.2) is 49.6 Å². The van der Waals surface area contributed by atoms with E-state index >= 15 is 0 Å². The van der Waals surface area contributed by atoms with E-state index in [1.807, 2.05) is 6.07 Å². The molecule has 2 aliphatic rings. The first-order chi connectivity index (χ1) is 13.2. The summed E-state index contributed by atoms with van der Waals surface area (Å²) in [6.07, 6.45) is 5.61. The Bertz CT molecular complexity index is 984. The van der Waals surface area contributed by atoms with Crippen molar-refractivity contribution < 1.29 is 14.2 Å². The highest BCUT2D eigenvalue weighted by atomic mass is 19.1. The molecule has 0 radical (unpaired) electrons. The third-order valence-electron chi connectivity index (χ3n) is 5.36. The van der Waals surface area contributed by atoms with E-state index in [9.17, 15) is 9.50 Å². The van der Waals surface area contributed by atoms with Gasteiger partial charge in [-0.05, 0) is 36.4 Å². The summed E-state index contributed by atoms with van der Waals surface area (Å²) in [6.45, 7) is 0. The van der Waals surface area contributed by atoms with Crippen LogP contribution in [0, 0.1) is 0 Å². The Morgan fingerprint density at radius 1 is 1.15 bits per heavy atom. The normalized spacial score (nSPS) is 27.0. The molecule has 2 aliphatic heterocycles. The first-order valence-electron chi connectivity index (χ1n) is 9.01. The van der Waals surface area contributed by atoms with Crippen molar-refractivity contribution in [3.63, 3.8) is 0 Å². The lowest BCUT2D eigenvalue weighted by molar-refractivity contribution is 0.0386. The summed E-state index contributed by atoms with van der Waals surface area (Å²) < 4.78 is 20.1. The Morgan fingerprint density at radius 2 is 2.07 bits per heavy atom. The van der Waals surface area contributed by atoms with Gasteiger partial charge in [0.25, 0.3) is 0 Å². The molecule has 3 aromatic rings. The Balaban J connectivity index is 1.38. The van der Waals surface area contributed by atoms with Crippen LogP contribution in [-0.2, 0) is 0 Å². The number of alkyl halides is 1. The van der Waals surface area contributed by atoms with Gasteiger partial charge < -0.3 is 15.2 Å². The van der Waals surface area contributed by atoms with E-state index in [1.54, 1.807) is 24.5 Å². The number of nitrogens with zero attached hydrogens (tertiary/aromatic N) is 4. The smallest absolute Gasteiger partial charge is 0.336 e. The highest BCUT2D eigenvalue weighted by Crippen LogP contribution is 2.33. The number of ether oxygens (including phenoxy) is 1. The third-order valence-corrected chi connectivity index (χ3v) is 5.36. The number of nitrogens with one attached hydrogen (secondary N) is 1. The first-order valence-corrected chi connectivity index (χ1v) is 9.01. The molecule has 2 N–H and O–H groups in total. The summed E-state index contributed by atoms with van der Waals surface area (Å²) in [7, 11) is 0. The average Bonchev–Trinajstić information content (AvgIpc) is 3.10. The van der Waals surface area contributed by atoms with Gasteiger partial charge in [-0.2, -0.15) is 0 Å². The van der Waals surface area contributed by atoms with E-state index in [4.69, 9.17) is 4.74 Å². The lowest BCUT2D eigenvalue weighted by atomic mass is 10.0. The number of piperidine rings is 1. The number of hydrogen-bond donors (Lipinski definition) is 2. The van der Waals surface area contributed by atoms with Gasteiger partial charge >= 0.3 is 6.01 Å². The third kappa shape index (κ3) is 2.95. The van der Waals surface area contributed by atoms with Gasteiger partial charge in [0.1, 0.15) is 17.5 Å². The Hall–Kier alpha value is -2.87. The summed E-state index contributed by atoms with van der Waals surface area (Å²) in [5.74, 6) is 0.0685. The highest BCUT2D eigenvalue weighted by Gasteiger charge is 2.43. The van der Waals surface area contributed by atoms with Crippen LogP contribution in [0.1, 0.15) is 19.3 Å². The van der Waals surface area contributed by atoms with E-state index in [-0.39, 0.29) is 17.8 Å². The fraction of sp³-hybridized carbons (Fsp3) is 0.368. The standard InChI is InChI=1S/C19H18FN5O2/c20-18-14-2-1-12(23-14)7-17(18)27-19-22-9-15(24-25-19)13-5-10-3-4-21-8-11(10)6-16(13)26/h3-6,8-9,12,14,17-18,23,26H,1-2,7H2/t12-,14?,17-,18-/m0/s1. The number of pyridine rings is 1. The SMILES string of the molecule is Oc1cc2cnccc2cc1-c1cnc(O[C@H]2C[C@@H]3CCC(N3)[C@@H]2F)nn1. The zero-order valence-electron chi connectivity index (χ0n) is 14.4. The number of rotatable bonds is 3. The van der Waals surface area contributed by atoms with Gasteiger partial charge in [-0.3, -0.25) is 4.98 Å². The average molecular weight is 367 g/mol. The van der Waals surface area contributed by atoms with Gasteiger partial charge in [0.15, 0.2) is 6.17 Å². The van der Waals surface area contributed by atoms with Crippen LogP contribution in [0.5, 0.6) is 11.8 Å². The van der Waals surface area contributed by atoms with Crippen LogP contribution in [0.4, 0.5) is 4.39 Å². The predicted molar refractivity (Wildman–Crippen MR) is 96.1 cm³/mol. The largest absolute Gasteiger partial charge is 0.507 e. The van der Waals surface area contributed by atoms with Crippen LogP contribution in [0.3, 0.4) is 0 Å². The van der Waals surface area contributed by atoms with Gasteiger partial charge in [-0.15, -0.1) is 5.10 Å². The van der Waals surface area contributed by atoms with Gasteiger partial charge in [-0.25, -0.2) is 9.37 Å². The van der Waals surface area contributed by atoms with E-state index in [2.05, 4.69) is 25.5 Å². The van der Waals surface area contributed by atoms with E-state index in [0.717, 1.165) is 23.6 Å². The first kappa shape index (κ1) is 16.3. The lowest BCUT2D eigenvalue weighted by Gasteiger charge is -2.31. The minimum absolute atomic E-state index is 0.0529. The lowest BCUT2D eigenvalue weighted by Crippen LogP contribution is -2.51. The van der Waals surface area contributed by atoms with Crippen LogP contribution in [0.15, 0.2) is 36.8 Å². The number of hydrogen-bond acceptors (Lipinski definition) is 7. The second-order valence-corrected chi connectivity index (χ2v) is 7.10. The van der Waals surface area contributed by atoms with Gasteiger partial charge in [-0.1, -0.05) is 5.10 Å². The molecular weight excluding hydrogens is 349 g/mol. The monoisotopic (exact) mass is 367 g/mol.